The van der Waals surface area contributed by atoms with Crippen molar-refractivity contribution in [3.63, 3.8) is 0 Å². The Kier molecular flexibility index (Phi) is 4.79. The number of nitrogens with one attached hydrogen (secondary N) is 1. The number of para-hydroxylation sites is 1. The predicted octanol–water partition coefficient (Wildman–Crippen LogP) is 3.38. The largest absolute Gasteiger partial charge is 0.478 e. The SMILES string of the molecule is Cc1cccc(NCc2ccccc2OCC#N)c1C#N. The molecule has 0 aliphatic rings. The van der Waals surface area contributed by atoms with Crippen molar-refractivity contribution in [3.05, 3.63) is 59.2 Å². The van der Waals surface area contributed by atoms with Crippen LogP contribution in [-0.4, -0.2) is 6.61 Å². The van der Waals surface area contributed by atoms with Gasteiger partial charge in [0.1, 0.15) is 17.9 Å². The number of hydrogen-bond donors (Lipinski definition) is 1. The Morgan fingerprint density at radius 2 is 1.90 bits per heavy atom. The summed E-state index contributed by atoms with van der Waals surface area (Å²) in [6, 6.07) is 17.4. The van der Waals surface area contributed by atoms with Gasteiger partial charge in [0.15, 0.2) is 6.61 Å². The highest BCUT2D eigenvalue weighted by atomic mass is 16.5. The summed E-state index contributed by atoms with van der Waals surface area (Å²) in [6.45, 7) is 2.46. The van der Waals surface area contributed by atoms with E-state index in [2.05, 4.69) is 11.4 Å². The summed E-state index contributed by atoms with van der Waals surface area (Å²) in [7, 11) is 0. The third-order valence-corrected chi connectivity index (χ3v) is 3.12. The molecule has 0 bridgehead atoms. The molecule has 21 heavy (non-hydrogen) atoms. The maximum atomic E-state index is 9.22. The maximum absolute atomic E-state index is 9.22. The molecular weight excluding hydrogens is 262 g/mol. The van der Waals surface area contributed by atoms with Crippen LogP contribution in [0, 0.1) is 29.6 Å². The van der Waals surface area contributed by atoms with E-state index in [1.165, 1.54) is 0 Å². The van der Waals surface area contributed by atoms with Crippen molar-refractivity contribution in [2.45, 2.75) is 13.5 Å². The van der Waals surface area contributed by atoms with Gasteiger partial charge in [0.05, 0.1) is 11.3 Å². The monoisotopic (exact) mass is 277 g/mol. The minimum Gasteiger partial charge on any atom is -0.478 e. The molecule has 0 saturated carbocycles. The maximum Gasteiger partial charge on any atom is 0.174 e. The fourth-order valence-corrected chi connectivity index (χ4v) is 2.05. The molecule has 2 rings (SSSR count). The van der Waals surface area contributed by atoms with Crippen LogP contribution in [0.3, 0.4) is 0 Å². The number of aryl methyl sites for hydroxylation is 1. The van der Waals surface area contributed by atoms with Crippen molar-refractivity contribution in [2.24, 2.45) is 0 Å². The van der Waals surface area contributed by atoms with E-state index in [4.69, 9.17) is 10.00 Å². The molecule has 0 fully saturated rings. The van der Waals surface area contributed by atoms with Gasteiger partial charge in [-0.05, 0) is 24.6 Å². The van der Waals surface area contributed by atoms with Gasteiger partial charge in [-0.25, -0.2) is 0 Å². The molecule has 0 aliphatic heterocycles. The average Bonchev–Trinajstić information content (AvgIpc) is 2.51. The van der Waals surface area contributed by atoms with E-state index in [1.54, 1.807) is 0 Å². The Balaban J connectivity index is 2.16. The van der Waals surface area contributed by atoms with Crippen molar-refractivity contribution in [2.75, 3.05) is 11.9 Å². The van der Waals surface area contributed by atoms with Gasteiger partial charge >= 0.3 is 0 Å². The lowest BCUT2D eigenvalue weighted by Gasteiger charge is -2.12. The van der Waals surface area contributed by atoms with Crippen LogP contribution in [0.4, 0.5) is 5.69 Å². The quantitative estimate of drug-likeness (QED) is 0.909. The van der Waals surface area contributed by atoms with Crippen LogP contribution in [0.1, 0.15) is 16.7 Å². The van der Waals surface area contributed by atoms with Gasteiger partial charge in [0.25, 0.3) is 0 Å². The molecule has 0 aromatic heterocycles. The standard InChI is InChI=1S/C17H15N3O/c1-13-5-4-7-16(15(13)11-19)20-12-14-6-2-3-8-17(14)21-10-9-18/h2-8,20H,10,12H2,1H3. The van der Waals surface area contributed by atoms with E-state index in [1.807, 2.05) is 55.5 Å². The summed E-state index contributed by atoms with van der Waals surface area (Å²) in [5.41, 5.74) is 3.33. The molecule has 0 unspecified atom stereocenters. The van der Waals surface area contributed by atoms with Gasteiger partial charge in [-0.2, -0.15) is 10.5 Å². The summed E-state index contributed by atoms with van der Waals surface area (Å²) in [5, 5.41) is 21.1. The fourth-order valence-electron chi connectivity index (χ4n) is 2.05. The van der Waals surface area contributed by atoms with Gasteiger partial charge in [-0.15, -0.1) is 0 Å². The van der Waals surface area contributed by atoms with Crippen molar-refractivity contribution in [1.29, 1.82) is 10.5 Å². The summed E-state index contributed by atoms with van der Waals surface area (Å²) >= 11 is 0. The Labute approximate surface area is 124 Å². The van der Waals surface area contributed by atoms with E-state index in [-0.39, 0.29) is 6.61 Å². The number of hydrogen-bond acceptors (Lipinski definition) is 4. The van der Waals surface area contributed by atoms with Crippen molar-refractivity contribution < 1.29 is 4.74 Å². The lowest BCUT2D eigenvalue weighted by molar-refractivity contribution is 0.364. The van der Waals surface area contributed by atoms with Crippen LogP contribution in [0.2, 0.25) is 0 Å². The summed E-state index contributed by atoms with van der Waals surface area (Å²) in [4.78, 5) is 0. The molecule has 0 saturated heterocycles. The lowest BCUT2D eigenvalue weighted by Crippen LogP contribution is -2.05. The number of anilines is 1. The molecular formula is C17H15N3O. The smallest absolute Gasteiger partial charge is 0.174 e. The number of nitriles is 2. The molecule has 104 valence electrons. The molecule has 0 heterocycles. The third kappa shape index (κ3) is 3.52. The van der Waals surface area contributed by atoms with Gasteiger partial charge in [0, 0.05) is 12.1 Å². The number of benzene rings is 2. The average molecular weight is 277 g/mol. The molecule has 0 aliphatic carbocycles. The zero-order chi connectivity index (χ0) is 15.1. The molecule has 0 spiro atoms. The molecule has 4 heteroatoms. The first kappa shape index (κ1) is 14.4. The van der Waals surface area contributed by atoms with E-state index >= 15 is 0 Å². The molecule has 2 aromatic carbocycles. The second-order valence-corrected chi connectivity index (χ2v) is 4.52. The van der Waals surface area contributed by atoms with Crippen LogP contribution in [0.15, 0.2) is 42.5 Å². The zero-order valence-corrected chi connectivity index (χ0v) is 11.8. The lowest BCUT2D eigenvalue weighted by atomic mass is 10.1. The van der Waals surface area contributed by atoms with Crippen molar-refractivity contribution in [1.82, 2.24) is 0 Å². The minimum atomic E-state index is 0.0188. The van der Waals surface area contributed by atoms with Crippen LogP contribution >= 0.6 is 0 Å². The number of rotatable bonds is 5. The van der Waals surface area contributed by atoms with Gasteiger partial charge < -0.3 is 10.1 Å². The zero-order valence-electron chi connectivity index (χ0n) is 11.8. The fraction of sp³-hybridized carbons (Fsp3) is 0.176. The first-order valence-corrected chi connectivity index (χ1v) is 6.57. The Morgan fingerprint density at radius 1 is 1.10 bits per heavy atom. The van der Waals surface area contributed by atoms with Crippen molar-refractivity contribution in [3.8, 4) is 17.9 Å². The van der Waals surface area contributed by atoms with E-state index < -0.39 is 0 Å². The van der Waals surface area contributed by atoms with Crippen LogP contribution < -0.4 is 10.1 Å². The minimum absolute atomic E-state index is 0.0188. The third-order valence-electron chi connectivity index (χ3n) is 3.12. The van der Waals surface area contributed by atoms with Crippen LogP contribution in [-0.2, 0) is 6.54 Å². The number of nitrogens with zero attached hydrogens (tertiary/aromatic N) is 2. The molecule has 0 amide bonds. The van der Waals surface area contributed by atoms with Crippen LogP contribution in [0.5, 0.6) is 5.75 Å². The number of ether oxygens (including phenoxy) is 1. The summed E-state index contributed by atoms with van der Waals surface area (Å²) < 4.78 is 5.39. The van der Waals surface area contributed by atoms with Gasteiger partial charge in [0.2, 0.25) is 0 Å². The molecule has 1 N–H and O–H groups in total. The van der Waals surface area contributed by atoms with E-state index in [0.717, 1.165) is 16.8 Å². The van der Waals surface area contributed by atoms with Gasteiger partial charge in [-0.3, -0.25) is 0 Å². The first-order chi connectivity index (χ1) is 10.3. The highest BCUT2D eigenvalue weighted by Crippen LogP contribution is 2.22. The van der Waals surface area contributed by atoms with E-state index in [9.17, 15) is 5.26 Å². The molecule has 4 nitrogen and oxygen atoms in total. The summed E-state index contributed by atoms with van der Waals surface area (Å²) in [5.74, 6) is 0.678. The summed E-state index contributed by atoms with van der Waals surface area (Å²) in [6.07, 6.45) is 0. The van der Waals surface area contributed by atoms with E-state index in [0.29, 0.717) is 17.9 Å². The second kappa shape index (κ2) is 6.98. The Bertz CT molecular complexity index is 711. The van der Waals surface area contributed by atoms with Crippen molar-refractivity contribution >= 4 is 5.69 Å². The van der Waals surface area contributed by atoms with Gasteiger partial charge in [-0.1, -0.05) is 30.3 Å². The highest BCUT2D eigenvalue weighted by Gasteiger charge is 2.06. The topological polar surface area (TPSA) is 68.8 Å². The molecule has 0 atom stereocenters. The second-order valence-electron chi connectivity index (χ2n) is 4.52. The highest BCUT2D eigenvalue weighted by molar-refractivity contribution is 5.61. The van der Waals surface area contributed by atoms with Crippen LogP contribution in [0.25, 0.3) is 0 Å². The Hall–Kier alpha value is -2.98. The molecule has 2 aromatic rings. The Morgan fingerprint density at radius 3 is 2.67 bits per heavy atom. The first-order valence-electron chi connectivity index (χ1n) is 6.57. The normalized spacial score (nSPS) is 9.48. The molecule has 0 radical (unpaired) electrons. The predicted molar refractivity (Wildman–Crippen MR) is 80.8 cm³/mol.